The van der Waals surface area contributed by atoms with Crippen molar-refractivity contribution in [2.75, 3.05) is 12.5 Å². The van der Waals surface area contributed by atoms with E-state index in [-0.39, 0.29) is 6.61 Å². The molecule has 0 atom stereocenters. The first-order valence-corrected chi connectivity index (χ1v) is 4.77. The van der Waals surface area contributed by atoms with Crippen molar-refractivity contribution in [1.29, 1.82) is 0 Å². The van der Waals surface area contributed by atoms with E-state index in [9.17, 15) is 0 Å². The Morgan fingerprint density at radius 1 is 1.00 bits per heavy atom. The molecule has 0 heterocycles. The van der Waals surface area contributed by atoms with Gasteiger partial charge in [-0.3, -0.25) is 0 Å². The molecular weight excluding hydrogens is 160 g/mol. The van der Waals surface area contributed by atoms with Crippen LogP contribution in [0.3, 0.4) is 0 Å². The molecule has 0 spiro atoms. The molecule has 0 amide bonds. The zero-order valence-corrected chi connectivity index (χ0v) is 7.69. The number of hydrogen-bond donors (Lipinski definition) is 1. The molecule has 0 aromatic carbocycles. The normalized spacial score (nSPS) is 11.1. The van der Waals surface area contributed by atoms with Crippen LogP contribution in [0.4, 0.5) is 0 Å². The molecule has 0 saturated carbocycles. The SMILES string of the molecule is OCC/C=C\CCCCCCl. The fraction of sp³-hybridized carbons (Fsp3) is 0.778. The van der Waals surface area contributed by atoms with Crippen LogP contribution in [0.25, 0.3) is 0 Å². The largest absolute Gasteiger partial charge is 0.396 e. The third kappa shape index (κ3) is 9.99. The first-order valence-electron chi connectivity index (χ1n) is 4.23. The predicted octanol–water partition coefficient (Wildman–Crippen LogP) is 2.72. The van der Waals surface area contributed by atoms with E-state index in [2.05, 4.69) is 6.08 Å². The summed E-state index contributed by atoms with van der Waals surface area (Å²) in [7, 11) is 0. The minimum absolute atomic E-state index is 0.262. The summed E-state index contributed by atoms with van der Waals surface area (Å²) in [5.74, 6) is 0.778. The van der Waals surface area contributed by atoms with Gasteiger partial charge in [-0.25, -0.2) is 0 Å². The zero-order valence-electron chi connectivity index (χ0n) is 6.93. The van der Waals surface area contributed by atoms with Gasteiger partial charge in [0.05, 0.1) is 0 Å². The van der Waals surface area contributed by atoms with E-state index in [0.29, 0.717) is 0 Å². The summed E-state index contributed by atoms with van der Waals surface area (Å²) >= 11 is 5.51. The van der Waals surface area contributed by atoms with E-state index >= 15 is 0 Å². The molecule has 66 valence electrons. The Balaban J connectivity index is 2.89. The Labute approximate surface area is 74.1 Å². The lowest BCUT2D eigenvalue weighted by Gasteiger charge is -1.92. The summed E-state index contributed by atoms with van der Waals surface area (Å²) in [5.41, 5.74) is 0. The van der Waals surface area contributed by atoms with Gasteiger partial charge in [-0.1, -0.05) is 18.6 Å². The standard InChI is InChI=1S/C9H17ClO/c10-8-6-4-2-1-3-5-7-9-11/h3,5,11H,1-2,4,6-9H2/b5-3-. The summed E-state index contributed by atoms with van der Waals surface area (Å²) < 4.78 is 0. The Morgan fingerprint density at radius 2 is 1.73 bits per heavy atom. The first-order chi connectivity index (χ1) is 5.41. The number of hydrogen-bond acceptors (Lipinski definition) is 1. The summed E-state index contributed by atoms with van der Waals surface area (Å²) in [6, 6.07) is 0. The van der Waals surface area contributed by atoms with Gasteiger partial charge in [0.25, 0.3) is 0 Å². The molecule has 0 unspecified atom stereocenters. The smallest absolute Gasteiger partial charge is 0.0465 e. The molecule has 0 aromatic heterocycles. The van der Waals surface area contributed by atoms with Crippen LogP contribution in [0.2, 0.25) is 0 Å². The summed E-state index contributed by atoms with van der Waals surface area (Å²) in [6.07, 6.45) is 9.62. The topological polar surface area (TPSA) is 20.2 Å². The highest BCUT2D eigenvalue weighted by Crippen LogP contribution is 2.01. The third-order valence-electron chi connectivity index (χ3n) is 1.47. The van der Waals surface area contributed by atoms with Crippen LogP contribution in [0.5, 0.6) is 0 Å². The first kappa shape index (κ1) is 11.0. The second-order valence-electron chi connectivity index (χ2n) is 2.52. The molecular formula is C9H17ClO. The van der Waals surface area contributed by atoms with Crippen molar-refractivity contribution in [2.45, 2.75) is 32.1 Å². The second kappa shape index (κ2) is 9.99. The van der Waals surface area contributed by atoms with Crippen molar-refractivity contribution >= 4 is 11.6 Å². The maximum atomic E-state index is 8.44. The van der Waals surface area contributed by atoms with E-state index in [0.717, 1.165) is 25.1 Å². The molecule has 0 aromatic rings. The molecule has 0 aliphatic carbocycles. The molecule has 0 saturated heterocycles. The maximum Gasteiger partial charge on any atom is 0.0465 e. The molecule has 1 nitrogen and oxygen atoms in total. The van der Waals surface area contributed by atoms with E-state index < -0.39 is 0 Å². The average molecular weight is 177 g/mol. The molecule has 1 N–H and O–H groups in total. The molecule has 2 heteroatoms. The highest BCUT2D eigenvalue weighted by atomic mass is 35.5. The lowest BCUT2D eigenvalue weighted by atomic mass is 10.2. The van der Waals surface area contributed by atoms with Crippen molar-refractivity contribution in [3.8, 4) is 0 Å². The van der Waals surface area contributed by atoms with E-state index in [1.165, 1.54) is 12.8 Å². The maximum absolute atomic E-state index is 8.44. The van der Waals surface area contributed by atoms with Crippen molar-refractivity contribution in [1.82, 2.24) is 0 Å². The molecule has 0 aliphatic rings. The van der Waals surface area contributed by atoms with Crippen LogP contribution >= 0.6 is 11.6 Å². The number of alkyl halides is 1. The van der Waals surface area contributed by atoms with E-state index in [1.54, 1.807) is 0 Å². The van der Waals surface area contributed by atoms with Crippen molar-refractivity contribution < 1.29 is 5.11 Å². The number of aliphatic hydroxyl groups excluding tert-OH is 1. The number of rotatable bonds is 7. The van der Waals surface area contributed by atoms with Gasteiger partial charge in [-0.05, 0) is 25.7 Å². The van der Waals surface area contributed by atoms with Crippen LogP contribution in [0.15, 0.2) is 12.2 Å². The summed E-state index contributed by atoms with van der Waals surface area (Å²) in [4.78, 5) is 0. The van der Waals surface area contributed by atoms with Gasteiger partial charge in [0, 0.05) is 12.5 Å². The molecule has 0 rings (SSSR count). The van der Waals surface area contributed by atoms with Crippen LogP contribution < -0.4 is 0 Å². The Bertz CT molecular complexity index is 91.6. The van der Waals surface area contributed by atoms with Gasteiger partial charge >= 0.3 is 0 Å². The number of allylic oxidation sites excluding steroid dienone is 1. The van der Waals surface area contributed by atoms with Gasteiger partial charge < -0.3 is 5.11 Å². The quantitative estimate of drug-likeness (QED) is 0.359. The number of unbranched alkanes of at least 4 members (excludes halogenated alkanes) is 3. The minimum Gasteiger partial charge on any atom is -0.396 e. The van der Waals surface area contributed by atoms with Crippen LogP contribution in [-0.4, -0.2) is 17.6 Å². The molecule has 0 bridgehead atoms. The van der Waals surface area contributed by atoms with Crippen molar-refractivity contribution in [3.63, 3.8) is 0 Å². The van der Waals surface area contributed by atoms with Gasteiger partial charge in [0.2, 0.25) is 0 Å². The summed E-state index contributed by atoms with van der Waals surface area (Å²) in [5, 5.41) is 8.44. The minimum atomic E-state index is 0.262. The van der Waals surface area contributed by atoms with Gasteiger partial charge in [0.15, 0.2) is 0 Å². The number of halogens is 1. The molecule has 0 radical (unpaired) electrons. The van der Waals surface area contributed by atoms with Crippen molar-refractivity contribution in [3.05, 3.63) is 12.2 Å². The fourth-order valence-corrected chi connectivity index (χ4v) is 1.03. The molecule has 0 fully saturated rings. The van der Waals surface area contributed by atoms with E-state index in [1.807, 2.05) is 6.08 Å². The van der Waals surface area contributed by atoms with Crippen LogP contribution in [-0.2, 0) is 0 Å². The highest BCUT2D eigenvalue weighted by Gasteiger charge is 1.84. The van der Waals surface area contributed by atoms with Gasteiger partial charge in [-0.2, -0.15) is 0 Å². The molecule has 0 aliphatic heterocycles. The third-order valence-corrected chi connectivity index (χ3v) is 1.73. The fourth-order valence-electron chi connectivity index (χ4n) is 0.844. The highest BCUT2D eigenvalue weighted by molar-refractivity contribution is 6.17. The Hall–Kier alpha value is -0.0100. The lowest BCUT2D eigenvalue weighted by molar-refractivity contribution is 0.302. The monoisotopic (exact) mass is 176 g/mol. The van der Waals surface area contributed by atoms with Crippen molar-refractivity contribution in [2.24, 2.45) is 0 Å². The zero-order chi connectivity index (χ0) is 8.36. The summed E-state index contributed by atoms with van der Waals surface area (Å²) in [6.45, 7) is 0.262. The second-order valence-corrected chi connectivity index (χ2v) is 2.90. The Kier molecular flexibility index (Phi) is 9.98. The molecule has 11 heavy (non-hydrogen) atoms. The van der Waals surface area contributed by atoms with Crippen LogP contribution in [0.1, 0.15) is 32.1 Å². The van der Waals surface area contributed by atoms with Gasteiger partial charge in [0.1, 0.15) is 0 Å². The number of aliphatic hydroxyl groups is 1. The Morgan fingerprint density at radius 3 is 2.36 bits per heavy atom. The van der Waals surface area contributed by atoms with E-state index in [4.69, 9.17) is 16.7 Å². The van der Waals surface area contributed by atoms with Gasteiger partial charge in [-0.15, -0.1) is 11.6 Å². The average Bonchev–Trinajstić information content (AvgIpc) is 2.03. The van der Waals surface area contributed by atoms with Crippen LogP contribution in [0, 0.1) is 0 Å². The lowest BCUT2D eigenvalue weighted by Crippen LogP contribution is -1.78. The predicted molar refractivity (Wildman–Crippen MR) is 50.0 cm³/mol.